The van der Waals surface area contributed by atoms with Crippen LogP contribution < -0.4 is 4.74 Å². The number of nitrogens with zero attached hydrogens (tertiary/aromatic N) is 3. The van der Waals surface area contributed by atoms with Crippen molar-refractivity contribution in [2.75, 3.05) is 7.11 Å². The van der Waals surface area contributed by atoms with Crippen LogP contribution in [-0.2, 0) is 17.9 Å². The quantitative estimate of drug-likeness (QED) is 0.789. The van der Waals surface area contributed by atoms with Crippen molar-refractivity contribution < 1.29 is 9.53 Å². The summed E-state index contributed by atoms with van der Waals surface area (Å²) in [6.07, 6.45) is 4.24. The predicted octanol–water partition coefficient (Wildman–Crippen LogP) is 3.09. The first kappa shape index (κ1) is 17.1. The lowest BCUT2D eigenvalue weighted by atomic mass is 10.2. The number of benzene rings is 1. The smallest absolute Gasteiger partial charge is 0.222 e. The van der Waals surface area contributed by atoms with Gasteiger partial charge in [-0.3, -0.25) is 4.79 Å². The Morgan fingerprint density at radius 1 is 1.39 bits per heavy atom. The molecule has 5 nitrogen and oxygen atoms in total. The summed E-state index contributed by atoms with van der Waals surface area (Å²) < 4.78 is 7.35. The molecule has 0 unspecified atom stereocenters. The zero-order valence-corrected chi connectivity index (χ0v) is 14.3. The zero-order valence-electron chi connectivity index (χ0n) is 14.3. The molecule has 1 aromatic heterocycles. The molecule has 124 valence electrons. The predicted molar refractivity (Wildman–Crippen MR) is 90.3 cm³/mol. The molecule has 0 bridgehead atoms. The fourth-order valence-corrected chi connectivity index (χ4v) is 2.52. The van der Waals surface area contributed by atoms with Gasteiger partial charge in [0.25, 0.3) is 0 Å². The standard InChI is InChI=1S/C18H25N3O2/c1-5-18(22)21(14(2)3)13-17-19-9-10-20(17)12-15-7-6-8-16(11-15)23-4/h6-11,14H,5,12-13H2,1-4H3. The Labute approximate surface area is 137 Å². The molecule has 1 heterocycles. The van der Waals surface area contributed by atoms with E-state index in [1.807, 2.05) is 50.1 Å². The zero-order chi connectivity index (χ0) is 16.8. The van der Waals surface area contributed by atoms with Crippen LogP contribution in [0.4, 0.5) is 0 Å². The first-order chi connectivity index (χ1) is 11.0. The Morgan fingerprint density at radius 3 is 2.83 bits per heavy atom. The Balaban J connectivity index is 2.16. The molecular formula is C18H25N3O2. The highest BCUT2D eigenvalue weighted by atomic mass is 16.5. The summed E-state index contributed by atoms with van der Waals surface area (Å²) in [5.74, 6) is 1.88. The summed E-state index contributed by atoms with van der Waals surface area (Å²) in [5, 5.41) is 0. The van der Waals surface area contributed by atoms with Crippen LogP contribution in [0.15, 0.2) is 36.7 Å². The summed E-state index contributed by atoms with van der Waals surface area (Å²) in [5.41, 5.74) is 1.14. The second-order valence-corrected chi connectivity index (χ2v) is 5.79. The Hall–Kier alpha value is -2.30. The van der Waals surface area contributed by atoms with Gasteiger partial charge in [0.05, 0.1) is 13.7 Å². The molecule has 0 fully saturated rings. The summed E-state index contributed by atoms with van der Waals surface area (Å²) in [6, 6.07) is 8.14. The molecule has 0 atom stereocenters. The summed E-state index contributed by atoms with van der Waals surface area (Å²) >= 11 is 0. The highest BCUT2D eigenvalue weighted by molar-refractivity contribution is 5.76. The third-order valence-electron chi connectivity index (χ3n) is 3.85. The van der Waals surface area contributed by atoms with E-state index in [1.54, 1.807) is 13.3 Å². The molecule has 1 aromatic carbocycles. The topological polar surface area (TPSA) is 47.4 Å². The fraction of sp³-hybridized carbons (Fsp3) is 0.444. The van der Waals surface area contributed by atoms with Crippen molar-refractivity contribution in [3.63, 3.8) is 0 Å². The van der Waals surface area contributed by atoms with Gasteiger partial charge in [0, 0.05) is 31.4 Å². The Bertz CT molecular complexity index is 649. The Kier molecular flexibility index (Phi) is 5.79. The normalized spacial score (nSPS) is 10.8. The number of methoxy groups -OCH3 is 1. The van der Waals surface area contributed by atoms with Gasteiger partial charge in [-0.25, -0.2) is 4.98 Å². The van der Waals surface area contributed by atoms with Gasteiger partial charge >= 0.3 is 0 Å². The second kappa shape index (κ2) is 7.81. The number of aromatic nitrogens is 2. The number of imidazole rings is 1. The molecule has 23 heavy (non-hydrogen) atoms. The molecule has 2 aromatic rings. The number of rotatable bonds is 7. The van der Waals surface area contributed by atoms with Gasteiger partial charge in [0.1, 0.15) is 11.6 Å². The molecule has 0 radical (unpaired) electrons. The number of ether oxygens (including phenoxy) is 1. The van der Waals surface area contributed by atoms with Crippen molar-refractivity contribution in [3.05, 3.63) is 48.0 Å². The Morgan fingerprint density at radius 2 is 2.17 bits per heavy atom. The van der Waals surface area contributed by atoms with Crippen molar-refractivity contribution in [1.82, 2.24) is 14.5 Å². The van der Waals surface area contributed by atoms with E-state index in [4.69, 9.17) is 4.74 Å². The minimum absolute atomic E-state index is 0.149. The highest BCUT2D eigenvalue weighted by Crippen LogP contribution is 2.15. The van der Waals surface area contributed by atoms with Crippen LogP contribution >= 0.6 is 0 Å². The van der Waals surface area contributed by atoms with E-state index in [0.717, 1.165) is 17.1 Å². The van der Waals surface area contributed by atoms with Crippen molar-refractivity contribution in [3.8, 4) is 5.75 Å². The van der Waals surface area contributed by atoms with Crippen molar-refractivity contribution >= 4 is 5.91 Å². The van der Waals surface area contributed by atoms with E-state index >= 15 is 0 Å². The number of hydrogen-bond acceptors (Lipinski definition) is 3. The monoisotopic (exact) mass is 315 g/mol. The van der Waals surface area contributed by atoms with E-state index in [-0.39, 0.29) is 11.9 Å². The molecule has 0 aliphatic rings. The maximum Gasteiger partial charge on any atom is 0.222 e. The lowest BCUT2D eigenvalue weighted by molar-refractivity contribution is -0.133. The average molecular weight is 315 g/mol. The molecule has 2 rings (SSSR count). The van der Waals surface area contributed by atoms with Crippen LogP contribution in [0.25, 0.3) is 0 Å². The number of amides is 1. The first-order valence-corrected chi connectivity index (χ1v) is 7.97. The van der Waals surface area contributed by atoms with E-state index < -0.39 is 0 Å². The second-order valence-electron chi connectivity index (χ2n) is 5.79. The third-order valence-corrected chi connectivity index (χ3v) is 3.85. The SMILES string of the molecule is CCC(=O)N(Cc1nccn1Cc1cccc(OC)c1)C(C)C. The van der Waals surface area contributed by atoms with Gasteiger partial charge in [0.15, 0.2) is 0 Å². The number of carbonyl (C=O) groups excluding carboxylic acids is 1. The minimum Gasteiger partial charge on any atom is -0.497 e. The van der Waals surface area contributed by atoms with Crippen LogP contribution in [0.3, 0.4) is 0 Å². The van der Waals surface area contributed by atoms with Crippen LogP contribution in [0, 0.1) is 0 Å². The minimum atomic E-state index is 0.149. The van der Waals surface area contributed by atoms with Gasteiger partial charge < -0.3 is 14.2 Å². The van der Waals surface area contributed by atoms with E-state index in [9.17, 15) is 4.79 Å². The van der Waals surface area contributed by atoms with E-state index in [2.05, 4.69) is 15.6 Å². The van der Waals surface area contributed by atoms with E-state index in [0.29, 0.717) is 19.5 Å². The van der Waals surface area contributed by atoms with Gasteiger partial charge in [-0.1, -0.05) is 19.1 Å². The van der Waals surface area contributed by atoms with Crippen LogP contribution in [0.1, 0.15) is 38.6 Å². The van der Waals surface area contributed by atoms with Crippen LogP contribution in [0.2, 0.25) is 0 Å². The maximum absolute atomic E-state index is 12.1. The average Bonchev–Trinajstić information content (AvgIpc) is 2.98. The largest absolute Gasteiger partial charge is 0.497 e. The highest BCUT2D eigenvalue weighted by Gasteiger charge is 2.18. The molecule has 0 spiro atoms. The molecule has 0 aliphatic carbocycles. The van der Waals surface area contributed by atoms with Crippen molar-refractivity contribution in [1.29, 1.82) is 0 Å². The van der Waals surface area contributed by atoms with Crippen molar-refractivity contribution in [2.45, 2.75) is 46.3 Å². The first-order valence-electron chi connectivity index (χ1n) is 7.97. The lowest BCUT2D eigenvalue weighted by Gasteiger charge is -2.26. The molecule has 0 saturated heterocycles. The number of hydrogen-bond donors (Lipinski definition) is 0. The molecule has 0 N–H and O–H groups in total. The summed E-state index contributed by atoms with van der Waals surface area (Å²) in [4.78, 5) is 18.4. The van der Waals surface area contributed by atoms with Crippen LogP contribution in [-0.4, -0.2) is 33.5 Å². The molecule has 0 aliphatic heterocycles. The van der Waals surface area contributed by atoms with Crippen molar-refractivity contribution in [2.24, 2.45) is 0 Å². The van der Waals surface area contributed by atoms with Gasteiger partial charge in [0.2, 0.25) is 5.91 Å². The maximum atomic E-state index is 12.1. The number of carbonyl (C=O) groups is 1. The van der Waals surface area contributed by atoms with Gasteiger partial charge in [-0.2, -0.15) is 0 Å². The molecule has 0 saturated carbocycles. The summed E-state index contributed by atoms with van der Waals surface area (Å²) in [7, 11) is 1.67. The fourth-order valence-electron chi connectivity index (χ4n) is 2.52. The summed E-state index contributed by atoms with van der Waals surface area (Å²) in [6.45, 7) is 7.19. The molecular weight excluding hydrogens is 290 g/mol. The lowest BCUT2D eigenvalue weighted by Crippen LogP contribution is -2.36. The van der Waals surface area contributed by atoms with Crippen LogP contribution in [0.5, 0.6) is 5.75 Å². The van der Waals surface area contributed by atoms with E-state index in [1.165, 1.54) is 0 Å². The molecule has 1 amide bonds. The van der Waals surface area contributed by atoms with Gasteiger partial charge in [-0.15, -0.1) is 0 Å². The van der Waals surface area contributed by atoms with Gasteiger partial charge in [-0.05, 0) is 31.5 Å². The third kappa shape index (κ3) is 4.34. The molecule has 5 heteroatoms.